The maximum atomic E-state index is 13.7. The van der Waals surface area contributed by atoms with Gasteiger partial charge in [-0.2, -0.15) is 0 Å². The number of nitrogens with one attached hydrogen (secondary N) is 1. The zero-order valence-electron chi connectivity index (χ0n) is 21.1. The van der Waals surface area contributed by atoms with Crippen LogP contribution >= 0.6 is 23.2 Å². The molecule has 198 valence electrons. The molecule has 0 bridgehead atoms. The van der Waals surface area contributed by atoms with Gasteiger partial charge in [0.1, 0.15) is 18.3 Å². The van der Waals surface area contributed by atoms with Gasteiger partial charge in [0.25, 0.3) is 0 Å². The van der Waals surface area contributed by atoms with Gasteiger partial charge in [-0.3, -0.25) is 13.9 Å². The molecule has 2 aromatic rings. The maximum absolute atomic E-state index is 13.7. The van der Waals surface area contributed by atoms with Crippen LogP contribution < -0.4 is 14.4 Å². The van der Waals surface area contributed by atoms with Crippen LogP contribution in [0.2, 0.25) is 10.0 Å². The molecule has 2 rings (SSSR count). The lowest BCUT2D eigenvalue weighted by atomic mass is 10.1. The average molecular weight is 559 g/mol. The van der Waals surface area contributed by atoms with Crippen LogP contribution in [0.1, 0.15) is 39.2 Å². The van der Waals surface area contributed by atoms with Crippen molar-refractivity contribution in [3.05, 3.63) is 58.1 Å². The third-order valence-corrected chi connectivity index (χ3v) is 7.65. The van der Waals surface area contributed by atoms with Gasteiger partial charge in [0.15, 0.2) is 0 Å². The first-order valence-electron chi connectivity index (χ1n) is 11.6. The van der Waals surface area contributed by atoms with Gasteiger partial charge in [-0.1, -0.05) is 49.2 Å². The normalized spacial score (nSPS) is 13.0. The fourth-order valence-electron chi connectivity index (χ4n) is 3.54. The molecule has 0 aliphatic rings. The lowest BCUT2D eigenvalue weighted by molar-refractivity contribution is -0.140. The summed E-state index contributed by atoms with van der Waals surface area (Å²) in [6.45, 7) is 5.24. The minimum Gasteiger partial charge on any atom is -0.497 e. The summed E-state index contributed by atoms with van der Waals surface area (Å²) >= 11 is 12.1. The SMILES string of the molecule is CCC(C)NC(=O)C(CC)N(Cc1ccc(OC)cc1)C(=O)CN(c1ccc(Cl)c(Cl)c1)S(C)(=O)=O. The molecule has 2 amide bonds. The first kappa shape index (κ1) is 29.7. The molecule has 0 aromatic heterocycles. The van der Waals surface area contributed by atoms with Crippen molar-refractivity contribution < 1.29 is 22.7 Å². The van der Waals surface area contributed by atoms with Gasteiger partial charge in [0, 0.05) is 12.6 Å². The molecule has 0 radical (unpaired) electrons. The Morgan fingerprint density at radius 2 is 1.67 bits per heavy atom. The summed E-state index contributed by atoms with van der Waals surface area (Å²) in [7, 11) is -2.31. The van der Waals surface area contributed by atoms with Crippen molar-refractivity contribution in [3.8, 4) is 5.75 Å². The Hall–Kier alpha value is -2.49. The fourth-order valence-corrected chi connectivity index (χ4v) is 4.68. The molecular formula is C25H33Cl2N3O5S. The molecule has 0 fully saturated rings. The van der Waals surface area contributed by atoms with Crippen LogP contribution in [0.4, 0.5) is 5.69 Å². The molecule has 8 nitrogen and oxygen atoms in total. The minimum atomic E-state index is -3.87. The van der Waals surface area contributed by atoms with E-state index < -0.39 is 28.5 Å². The monoisotopic (exact) mass is 557 g/mol. The van der Waals surface area contributed by atoms with Gasteiger partial charge in [-0.15, -0.1) is 0 Å². The average Bonchev–Trinajstić information content (AvgIpc) is 2.83. The minimum absolute atomic E-state index is 0.0757. The Labute approximate surface area is 223 Å². The van der Waals surface area contributed by atoms with Crippen LogP contribution in [0.5, 0.6) is 5.75 Å². The van der Waals surface area contributed by atoms with E-state index in [1.807, 2.05) is 20.8 Å². The summed E-state index contributed by atoms with van der Waals surface area (Å²) < 4.78 is 31.5. The van der Waals surface area contributed by atoms with Crippen LogP contribution in [0.3, 0.4) is 0 Å². The Morgan fingerprint density at radius 3 is 2.17 bits per heavy atom. The third-order valence-electron chi connectivity index (χ3n) is 5.77. The van der Waals surface area contributed by atoms with Crippen molar-refractivity contribution in [2.45, 2.75) is 52.2 Å². The standard InChI is InChI=1S/C25H33Cl2N3O5S/c1-6-17(3)28-25(32)23(7-2)29(15-18-8-11-20(35-4)12-9-18)24(31)16-30(36(5,33)34)19-10-13-21(26)22(27)14-19/h8-14,17,23H,6-7,15-16H2,1-5H3,(H,28,32). The van der Waals surface area contributed by atoms with Crippen LogP contribution in [-0.4, -0.2) is 57.1 Å². The summed E-state index contributed by atoms with van der Waals surface area (Å²) in [4.78, 5) is 28.2. The lowest BCUT2D eigenvalue weighted by Crippen LogP contribution is -2.53. The van der Waals surface area contributed by atoms with E-state index >= 15 is 0 Å². The Morgan fingerprint density at radius 1 is 1.03 bits per heavy atom. The topological polar surface area (TPSA) is 96.0 Å². The number of methoxy groups -OCH3 is 1. The number of nitrogens with zero attached hydrogens (tertiary/aromatic N) is 2. The highest BCUT2D eigenvalue weighted by molar-refractivity contribution is 7.92. The van der Waals surface area contributed by atoms with Gasteiger partial charge in [-0.05, 0) is 55.7 Å². The number of anilines is 1. The van der Waals surface area contributed by atoms with E-state index in [0.717, 1.165) is 22.5 Å². The second kappa shape index (κ2) is 13.2. The number of hydrogen-bond donors (Lipinski definition) is 1. The van der Waals surface area contributed by atoms with Gasteiger partial charge >= 0.3 is 0 Å². The Bertz CT molecular complexity index is 1160. The van der Waals surface area contributed by atoms with Crippen molar-refractivity contribution in [1.82, 2.24) is 10.2 Å². The van der Waals surface area contributed by atoms with Gasteiger partial charge in [-0.25, -0.2) is 8.42 Å². The molecule has 36 heavy (non-hydrogen) atoms. The van der Waals surface area contributed by atoms with E-state index in [9.17, 15) is 18.0 Å². The number of sulfonamides is 1. The highest BCUT2D eigenvalue weighted by Gasteiger charge is 2.32. The van der Waals surface area contributed by atoms with E-state index in [1.54, 1.807) is 31.4 Å². The van der Waals surface area contributed by atoms with Crippen molar-refractivity contribution in [1.29, 1.82) is 0 Å². The van der Waals surface area contributed by atoms with E-state index in [2.05, 4.69) is 5.32 Å². The zero-order valence-corrected chi connectivity index (χ0v) is 23.5. The highest BCUT2D eigenvalue weighted by Crippen LogP contribution is 2.29. The van der Waals surface area contributed by atoms with E-state index in [0.29, 0.717) is 12.2 Å². The second-order valence-corrected chi connectivity index (χ2v) is 11.2. The molecule has 0 spiro atoms. The van der Waals surface area contributed by atoms with Gasteiger partial charge < -0.3 is 15.0 Å². The molecule has 1 N–H and O–H groups in total. The Balaban J connectivity index is 2.45. The number of hydrogen-bond acceptors (Lipinski definition) is 5. The second-order valence-electron chi connectivity index (χ2n) is 8.48. The summed E-state index contributed by atoms with van der Waals surface area (Å²) in [6, 6.07) is 10.6. The quantitative estimate of drug-likeness (QED) is 0.414. The fraction of sp³-hybridized carbons (Fsp3) is 0.440. The summed E-state index contributed by atoms with van der Waals surface area (Å²) in [5.74, 6) is -0.177. The molecule has 0 saturated heterocycles. The molecule has 11 heteroatoms. The smallest absolute Gasteiger partial charge is 0.244 e. The van der Waals surface area contributed by atoms with E-state index in [1.165, 1.54) is 23.1 Å². The number of carbonyl (C=O) groups excluding carboxylic acids is 2. The van der Waals surface area contributed by atoms with Crippen molar-refractivity contribution in [3.63, 3.8) is 0 Å². The summed E-state index contributed by atoms with van der Waals surface area (Å²) in [5, 5.41) is 3.35. The summed E-state index contributed by atoms with van der Waals surface area (Å²) in [6.07, 6.45) is 2.08. The largest absolute Gasteiger partial charge is 0.497 e. The third kappa shape index (κ3) is 8.01. The molecular weight excluding hydrogens is 525 g/mol. The first-order valence-corrected chi connectivity index (χ1v) is 14.2. The van der Waals surface area contributed by atoms with Crippen LogP contribution in [0.15, 0.2) is 42.5 Å². The van der Waals surface area contributed by atoms with Crippen molar-refractivity contribution in [2.75, 3.05) is 24.2 Å². The first-order chi connectivity index (χ1) is 16.9. The predicted octanol–water partition coefficient (Wildman–Crippen LogP) is 4.49. The molecule has 2 unspecified atom stereocenters. The van der Waals surface area contributed by atoms with E-state index in [-0.39, 0.29) is 34.2 Å². The van der Waals surface area contributed by atoms with E-state index in [4.69, 9.17) is 27.9 Å². The predicted molar refractivity (Wildman–Crippen MR) is 144 cm³/mol. The van der Waals surface area contributed by atoms with Crippen molar-refractivity contribution >= 4 is 50.7 Å². The highest BCUT2D eigenvalue weighted by atomic mass is 35.5. The molecule has 2 aromatic carbocycles. The molecule has 0 aliphatic carbocycles. The van der Waals surface area contributed by atoms with Gasteiger partial charge in [0.05, 0.1) is 29.1 Å². The van der Waals surface area contributed by atoms with Gasteiger partial charge in [0.2, 0.25) is 21.8 Å². The Kier molecular flexibility index (Phi) is 10.9. The molecule has 0 aliphatic heterocycles. The molecule has 0 saturated carbocycles. The maximum Gasteiger partial charge on any atom is 0.244 e. The number of ether oxygens (including phenoxy) is 1. The number of halogens is 2. The lowest BCUT2D eigenvalue weighted by Gasteiger charge is -2.33. The zero-order chi connectivity index (χ0) is 27.0. The molecule has 0 heterocycles. The number of amides is 2. The number of benzene rings is 2. The van der Waals surface area contributed by atoms with Crippen LogP contribution in [0.25, 0.3) is 0 Å². The van der Waals surface area contributed by atoms with Crippen LogP contribution in [0, 0.1) is 0 Å². The summed E-state index contributed by atoms with van der Waals surface area (Å²) in [5.41, 5.74) is 0.959. The van der Waals surface area contributed by atoms with Crippen molar-refractivity contribution in [2.24, 2.45) is 0 Å². The number of carbonyl (C=O) groups is 2. The van der Waals surface area contributed by atoms with Crippen LogP contribution in [-0.2, 0) is 26.2 Å². The molecule has 2 atom stereocenters. The number of rotatable bonds is 12.